The molecule has 1 N–H and O–H groups in total. The van der Waals surface area contributed by atoms with E-state index in [9.17, 15) is 27.6 Å². The molecule has 2 amide bonds. The SMILES string of the molecule is COc1ccc2c(-n3c(=O)n(Cc4cc(C5(C)OC(=O)NC5=O)ccc4Cl)c4cc(OC(F)(F)F)ccc43)noc2c1. The number of imidazole rings is 1. The highest BCUT2D eigenvalue weighted by atomic mass is 35.5. The number of benzene rings is 3. The number of hydrogen-bond acceptors (Lipinski definition) is 8. The first-order valence-electron chi connectivity index (χ1n) is 12.2. The molecule has 1 aliphatic rings. The zero-order valence-corrected chi connectivity index (χ0v) is 22.4. The van der Waals surface area contributed by atoms with E-state index in [4.69, 9.17) is 25.6 Å². The van der Waals surface area contributed by atoms with Crippen LogP contribution < -0.4 is 20.5 Å². The fourth-order valence-electron chi connectivity index (χ4n) is 4.80. The topological polar surface area (TPSA) is 127 Å². The first kappa shape index (κ1) is 27.2. The van der Waals surface area contributed by atoms with E-state index in [1.807, 2.05) is 0 Å². The lowest BCUT2D eigenvalue weighted by molar-refractivity contribution is -0.274. The van der Waals surface area contributed by atoms with E-state index in [1.54, 1.807) is 18.2 Å². The molecule has 0 bridgehead atoms. The average molecular weight is 603 g/mol. The van der Waals surface area contributed by atoms with Crippen LogP contribution >= 0.6 is 11.6 Å². The number of ether oxygens (including phenoxy) is 3. The normalized spacial score (nSPS) is 17.1. The number of cyclic esters (lactones) is 1. The van der Waals surface area contributed by atoms with Crippen molar-refractivity contribution in [2.75, 3.05) is 7.11 Å². The van der Waals surface area contributed by atoms with Gasteiger partial charge in [-0.2, -0.15) is 0 Å². The van der Waals surface area contributed by atoms with Gasteiger partial charge in [0.25, 0.3) is 5.91 Å². The third-order valence-electron chi connectivity index (χ3n) is 6.88. The molecule has 42 heavy (non-hydrogen) atoms. The summed E-state index contributed by atoms with van der Waals surface area (Å²) in [5.74, 6) is -0.679. The van der Waals surface area contributed by atoms with Gasteiger partial charge in [0.2, 0.25) is 5.60 Å². The number of nitrogens with one attached hydrogen (secondary N) is 1. The molecular weight excluding hydrogens is 585 g/mol. The number of carbonyl (C=O) groups excluding carboxylic acids is 2. The highest BCUT2D eigenvalue weighted by Gasteiger charge is 2.46. The number of alkyl halides is 3. The Morgan fingerprint density at radius 2 is 1.79 bits per heavy atom. The van der Waals surface area contributed by atoms with Gasteiger partial charge in [-0.05, 0) is 48.9 Å². The summed E-state index contributed by atoms with van der Waals surface area (Å²) in [5, 5.41) is 6.74. The summed E-state index contributed by atoms with van der Waals surface area (Å²) in [6.45, 7) is 1.14. The van der Waals surface area contributed by atoms with Crippen molar-refractivity contribution in [1.82, 2.24) is 19.6 Å². The lowest BCUT2D eigenvalue weighted by atomic mass is 9.94. The molecule has 1 atom stereocenters. The molecule has 5 aromatic rings. The Labute approximate surface area is 237 Å². The van der Waals surface area contributed by atoms with Crippen LogP contribution in [0.1, 0.15) is 18.1 Å². The second kappa shape index (κ2) is 9.55. The van der Waals surface area contributed by atoms with Crippen LogP contribution in [0.5, 0.6) is 11.5 Å². The van der Waals surface area contributed by atoms with Gasteiger partial charge in [-0.15, -0.1) is 13.2 Å². The zero-order valence-electron chi connectivity index (χ0n) is 21.6. The molecule has 1 aliphatic heterocycles. The van der Waals surface area contributed by atoms with Crippen LogP contribution in [0.25, 0.3) is 27.8 Å². The largest absolute Gasteiger partial charge is 0.573 e. The monoisotopic (exact) mass is 602 g/mol. The van der Waals surface area contributed by atoms with Crippen LogP contribution in [-0.4, -0.2) is 39.8 Å². The Kier molecular flexibility index (Phi) is 6.18. The van der Waals surface area contributed by atoms with E-state index in [-0.39, 0.29) is 34.0 Å². The minimum atomic E-state index is -4.98. The zero-order chi connectivity index (χ0) is 30.0. The predicted molar refractivity (Wildman–Crippen MR) is 141 cm³/mol. The van der Waals surface area contributed by atoms with E-state index in [0.29, 0.717) is 22.3 Å². The molecule has 15 heteroatoms. The molecule has 0 radical (unpaired) electrons. The van der Waals surface area contributed by atoms with Crippen molar-refractivity contribution < 1.29 is 41.5 Å². The Balaban J connectivity index is 1.53. The number of rotatable bonds is 6. The predicted octanol–water partition coefficient (Wildman–Crippen LogP) is 5.02. The number of amides is 2. The quantitative estimate of drug-likeness (QED) is 0.287. The highest BCUT2D eigenvalue weighted by Crippen LogP contribution is 2.34. The molecule has 0 aliphatic carbocycles. The van der Waals surface area contributed by atoms with E-state index in [1.165, 1.54) is 47.4 Å². The van der Waals surface area contributed by atoms with Gasteiger partial charge in [0.15, 0.2) is 11.4 Å². The number of aromatic nitrogens is 3. The van der Waals surface area contributed by atoms with Gasteiger partial charge in [0.1, 0.15) is 11.5 Å². The highest BCUT2D eigenvalue weighted by molar-refractivity contribution is 6.31. The number of carbonyl (C=O) groups is 2. The summed E-state index contributed by atoms with van der Waals surface area (Å²) < 4.78 is 61.5. The van der Waals surface area contributed by atoms with Crippen LogP contribution in [0.15, 0.2) is 63.9 Å². The number of alkyl carbamates (subject to hydrolysis) is 1. The summed E-state index contributed by atoms with van der Waals surface area (Å²) in [5.41, 5.74) is -1.21. The van der Waals surface area contributed by atoms with Crippen molar-refractivity contribution in [2.24, 2.45) is 0 Å². The van der Waals surface area contributed by atoms with Gasteiger partial charge in [-0.25, -0.2) is 14.2 Å². The van der Waals surface area contributed by atoms with Crippen molar-refractivity contribution in [3.05, 3.63) is 81.2 Å². The number of fused-ring (bicyclic) bond motifs is 2. The van der Waals surface area contributed by atoms with E-state index in [0.717, 1.165) is 12.1 Å². The van der Waals surface area contributed by atoms with E-state index < -0.39 is 35.4 Å². The Morgan fingerprint density at radius 1 is 1.02 bits per heavy atom. The molecule has 3 aromatic carbocycles. The third kappa shape index (κ3) is 4.49. The van der Waals surface area contributed by atoms with Crippen LogP contribution in [-0.2, 0) is 21.7 Å². The van der Waals surface area contributed by atoms with Gasteiger partial charge in [-0.1, -0.05) is 22.8 Å². The van der Waals surface area contributed by atoms with Crippen molar-refractivity contribution in [3.63, 3.8) is 0 Å². The van der Waals surface area contributed by atoms with Crippen LogP contribution in [0.3, 0.4) is 0 Å². The minimum Gasteiger partial charge on any atom is -0.497 e. The van der Waals surface area contributed by atoms with Gasteiger partial charge in [0, 0.05) is 22.7 Å². The second-order valence-electron chi connectivity index (χ2n) is 9.45. The molecule has 1 fully saturated rings. The lowest BCUT2D eigenvalue weighted by Crippen LogP contribution is -2.33. The minimum absolute atomic E-state index is 0.0594. The number of halogens is 4. The Morgan fingerprint density at radius 3 is 2.48 bits per heavy atom. The molecule has 3 heterocycles. The number of nitrogens with zero attached hydrogens (tertiary/aromatic N) is 3. The summed E-state index contributed by atoms with van der Waals surface area (Å²) in [6, 6.07) is 12.7. The maximum atomic E-state index is 13.9. The van der Waals surface area contributed by atoms with Crippen molar-refractivity contribution in [2.45, 2.75) is 25.4 Å². The number of imide groups is 1. The summed E-state index contributed by atoms with van der Waals surface area (Å²) >= 11 is 6.46. The van der Waals surface area contributed by atoms with Gasteiger partial charge >= 0.3 is 18.1 Å². The third-order valence-corrected chi connectivity index (χ3v) is 7.25. The number of methoxy groups -OCH3 is 1. The van der Waals surface area contributed by atoms with Crippen LogP contribution in [0.4, 0.5) is 18.0 Å². The fraction of sp³-hybridized carbons (Fsp3) is 0.185. The van der Waals surface area contributed by atoms with Gasteiger partial charge < -0.3 is 18.7 Å². The molecule has 11 nitrogen and oxygen atoms in total. The Bertz CT molecular complexity index is 1980. The Hall–Kier alpha value is -4.98. The molecule has 1 unspecified atom stereocenters. The molecule has 216 valence electrons. The van der Waals surface area contributed by atoms with E-state index in [2.05, 4.69) is 15.2 Å². The van der Waals surface area contributed by atoms with Gasteiger partial charge in [-0.3, -0.25) is 14.7 Å². The number of hydrogen-bond donors (Lipinski definition) is 1. The molecule has 1 saturated heterocycles. The summed E-state index contributed by atoms with van der Waals surface area (Å²) in [6.07, 6.45) is -5.90. The molecule has 6 rings (SSSR count). The maximum Gasteiger partial charge on any atom is 0.573 e. The molecular formula is C27H18ClF3N4O7. The smallest absolute Gasteiger partial charge is 0.497 e. The van der Waals surface area contributed by atoms with E-state index >= 15 is 0 Å². The first-order valence-corrected chi connectivity index (χ1v) is 12.5. The maximum absolute atomic E-state index is 13.9. The summed E-state index contributed by atoms with van der Waals surface area (Å²) in [7, 11) is 1.47. The van der Waals surface area contributed by atoms with Crippen molar-refractivity contribution in [3.8, 4) is 17.3 Å². The molecule has 0 saturated carbocycles. The molecule has 2 aromatic heterocycles. The molecule has 0 spiro atoms. The van der Waals surface area contributed by atoms with Crippen molar-refractivity contribution in [1.29, 1.82) is 0 Å². The second-order valence-corrected chi connectivity index (χ2v) is 9.86. The lowest BCUT2D eigenvalue weighted by Gasteiger charge is -2.21. The standard InChI is InChI=1S/C27H18ClF3N4O7/c1-26(23(36)32-24(37)41-26)14-3-7-18(28)13(9-14)12-34-20-10-16(40-27(29,30)31)5-8-19(20)35(25(34)38)22-17-6-4-15(39-2)11-21(17)42-33-22/h3-11H,12H2,1-2H3,(H,32,36,37). The first-order chi connectivity index (χ1) is 19.9. The van der Waals surface area contributed by atoms with Crippen LogP contribution in [0, 0.1) is 0 Å². The van der Waals surface area contributed by atoms with Crippen LogP contribution in [0.2, 0.25) is 5.02 Å². The summed E-state index contributed by atoms with van der Waals surface area (Å²) in [4.78, 5) is 38.1. The van der Waals surface area contributed by atoms with Gasteiger partial charge in [0.05, 0.1) is 30.1 Å². The fourth-order valence-corrected chi connectivity index (χ4v) is 4.98. The average Bonchev–Trinajstić information content (AvgIpc) is 3.54. The van der Waals surface area contributed by atoms with Crippen molar-refractivity contribution >= 4 is 45.6 Å².